The van der Waals surface area contributed by atoms with Crippen LogP contribution in [0.4, 0.5) is 0 Å². The lowest BCUT2D eigenvalue weighted by Crippen LogP contribution is -2.46. The second-order valence-electron chi connectivity index (χ2n) is 6.15. The van der Waals surface area contributed by atoms with Gasteiger partial charge in [-0.1, -0.05) is 13.0 Å². The quantitative estimate of drug-likeness (QED) is 0.782. The third-order valence-electron chi connectivity index (χ3n) is 4.32. The Morgan fingerprint density at radius 3 is 2.70 bits per heavy atom. The van der Waals surface area contributed by atoms with Gasteiger partial charge < -0.3 is 15.0 Å². The fourth-order valence-electron chi connectivity index (χ4n) is 3.13. The SMILES string of the molecule is CCCN(C(=O)c1cccc(Oc2cnccn2)c1)C1CCNCC1.Cl.Cl. The molecule has 2 heterocycles. The van der Waals surface area contributed by atoms with Crippen LogP contribution in [0, 0.1) is 0 Å². The molecule has 0 unspecified atom stereocenters. The van der Waals surface area contributed by atoms with E-state index in [-0.39, 0.29) is 30.7 Å². The number of carbonyl (C=O) groups is 1. The highest BCUT2D eigenvalue weighted by Gasteiger charge is 2.25. The number of ether oxygens (including phenoxy) is 1. The van der Waals surface area contributed by atoms with Crippen molar-refractivity contribution in [1.29, 1.82) is 0 Å². The van der Waals surface area contributed by atoms with Gasteiger partial charge in [0.25, 0.3) is 5.91 Å². The number of benzene rings is 1. The third-order valence-corrected chi connectivity index (χ3v) is 4.32. The van der Waals surface area contributed by atoms with Crippen LogP contribution in [0.5, 0.6) is 11.6 Å². The molecular weight excluding hydrogens is 387 g/mol. The van der Waals surface area contributed by atoms with Crippen molar-refractivity contribution in [3.8, 4) is 11.6 Å². The normalized spacial score (nSPS) is 13.8. The van der Waals surface area contributed by atoms with Crippen molar-refractivity contribution in [1.82, 2.24) is 20.2 Å². The molecule has 0 radical (unpaired) electrons. The molecule has 0 saturated carbocycles. The van der Waals surface area contributed by atoms with Gasteiger partial charge in [0.05, 0.1) is 6.20 Å². The van der Waals surface area contributed by atoms with Gasteiger partial charge in [-0.15, -0.1) is 24.8 Å². The van der Waals surface area contributed by atoms with Gasteiger partial charge in [-0.25, -0.2) is 4.98 Å². The average Bonchev–Trinajstić information content (AvgIpc) is 2.67. The highest BCUT2D eigenvalue weighted by atomic mass is 35.5. The topological polar surface area (TPSA) is 67.4 Å². The van der Waals surface area contributed by atoms with Crippen molar-refractivity contribution in [2.24, 2.45) is 0 Å². The molecule has 1 aliphatic rings. The number of hydrogen-bond acceptors (Lipinski definition) is 5. The molecule has 2 aromatic rings. The Kier molecular flexibility index (Phi) is 10.1. The molecule has 8 heteroatoms. The summed E-state index contributed by atoms with van der Waals surface area (Å²) < 4.78 is 5.70. The zero-order chi connectivity index (χ0) is 17.5. The number of amides is 1. The molecule has 0 bridgehead atoms. The van der Waals surface area contributed by atoms with E-state index in [9.17, 15) is 4.79 Å². The molecule has 1 N–H and O–H groups in total. The van der Waals surface area contributed by atoms with Crippen molar-refractivity contribution < 1.29 is 9.53 Å². The van der Waals surface area contributed by atoms with Crippen molar-refractivity contribution >= 4 is 30.7 Å². The number of aromatic nitrogens is 2. The first-order valence-corrected chi connectivity index (χ1v) is 8.83. The first kappa shape index (κ1) is 23.1. The van der Waals surface area contributed by atoms with Gasteiger partial charge in [-0.3, -0.25) is 9.78 Å². The van der Waals surface area contributed by atoms with Gasteiger partial charge in [0.15, 0.2) is 0 Å². The zero-order valence-corrected chi connectivity index (χ0v) is 17.0. The number of rotatable bonds is 6. The van der Waals surface area contributed by atoms with Crippen molar-refractivity contribution in [3.05, 3.63) is 48.4 Å². The second-order valence-corrected chi connectivity index (χ2v) is 6.15. The largest absolute Gasteiger partial charge is 0.437 e. The van der Waals surface area contributed by atoms with Crippen molar-refractivity contribution in [2.45, 2.75) is 32.2 Å². The Labute approximate surface area is 172 Å². The number of hydrogen-bond donors (Lipinski definition) is 1. The molecule has 1 fully saturated rings. The lowest BCUT2D eigenvalue weighted by Gasteiger charge is -2.34. The fourth-order valence-corrected chi connectivity index (χ4v) is 3.13. The predicted molar refractivity (Wildman–Crippen MR) is 110 cm³/mol. The maximum atomic E-state index is 13.1. The van der Waals surface area contributed by atoms with Crippen LogP contribution in [-0.2, 0) is 0 Å². The summed E-state index contributed by atoms with van der Waals surface area (Å²) in [5.74, 6) is 1.07. The van der Waals surface area contributed by atoms with E-state index < -0.39 is 0 Å². The van der Waals surface area contributed by atoms with Crippen molar-refractivity contribution in [3.63, 3.8) is 0 Å². The van der Waals surface area contributed by atoms with Crippen molar-refractivity contribution in [2.75, 3.05) is 19.6 Å². The monoisotopic (exact) mass is 412 g/mol. The van der Waals surface area contributed by atoms with Gasteiger partial charge in [0, 0.05) is 30.5 Å². The van der Waals surface area contributed by atoms with Crippen LogP contribution in [0.15, 0.2) is 42.9 Å². The van der Waals surface area contributed by atoms with Gasteiger partial charge in [-0.2, -0.15) is 0 Å². The van der Waals surface area contributed by atoms with Crippen LogP contribution in [-0.4, -0.2) is 46.5 Å². The summed E-state index contributed by atoms with van der Waals surface area (Å²) in [6.45, 7) is 4.82. The summed E-state index contributed by atoms with van der Waals surface area (Å²) in [7, 11) is 0. The molecule has 27 heavy (non-hydrogen) atoms. The molecule has 0 atom stereocenters. The van der Waals surface area contributed by atoms with E-state index in [0.29, 0.717) is 23.2 Å². The van der Waals surface area contributed by atoms with Gasteiger partial charge >= 0.3 is 0 Å². The van der Waals surface area contributed by atoms with Crippen LogP contribution < -0.4 is 10.1 Å². The van der Waals surface area contributed by atoms with E-state index in [1.165, 1.54) is 0 Å². The summed E-state index contributed by atoms with van der Waals surface area (Å²) in [6, 6.07) is 7.58. The second kappa shape index (κ2) is 11.7. The maximum absolute atomic E-state index is 13.1. The lowest BCUT2D eigenvalue weighted by molar-refractivity contribution is 0.0642. The molecule has 0 spiro atoms. The van der Waals surface area contributed by atoms with E-state index in [4.69, 9.17) is 4.74 Å². The van der Waals surface area contributed by atoms with Crippen LogP contribution in [0.3, 0.4) is 0 Å². The summed E-state index contributed by atoms with van der Waals surface area (Å²) >= 11 is 0. The minimum atomic E-state index is 0. The Balaban J connectivity index is 0.00000182. The minimum absolute atomic E-state index is 0. The molecule has 0 aliphatic carbocycles. The van der Waals surface area contributed by atoms with Crippen LogP contribution in [0.2, 0.25) is 0 Å². The highest BCUT2D eigenvalue weighted by molar-refractivity contribution is 5.94. The molecule has 1 saturated heterocycles. The van der Waals surface area contributed by atoms with E-state index in [2.05, 4.69) is 22.2 Å². The first-order valence-electron chi connectivity index (χ1n) is 8.83. The summed E-state index contributed by atoms with van der Waals surface area (Å²) in [5, 5.41) is 3.36. The van der Waals surface area contributed by atoms with Gasteiger partial charge in [0.1, 0.15) is 5.75 Å². The molecular formula is C19H26Cl2N4O2. The smallest absolute Gasteiger partial charge is 0.254 e. The Hall–Kier alpha value is -1.89. The number of nitrogens with one attached hydrogen (secondary N) is 1. The molecule has 148 valence electrons. The highest BCUT2D eigenvalue weighted by Crippen LogP contribution is 2.22. The number of nitrogens with zero attached hydrogens (tertiary/aromatic N) is 3. The lowest BCUT2D eigenvalue weighted by atomic mass is 10.0. The standard InChI is InChI=1S/C19H24N4O2.2ClH/c1-2-12-23(16-6-8-20-9-7-16)19(24)15-4-3-5-17(13-15)25-18-14-21-10-11-22-18;;/h3-5,10-11,13-14,16,20H,2,6-9,12H2,1H3;2*1H. The summed E-state index contributed by atoms with van der Waals surface area (Å²) in [6.07, 6.45) is 7.67. The zero-order valence-electron chi connectivity index (χ0n) is 15.3. The number of halogens is 2. The van der Waals surface area contributed by atoms with Crippen LogP contribution >= 0.6 is 24.8 Å². The maximum Gasteiger partial charge on any atom is 0.254 e. The third kappa shape index (κ3) is 6.34. The predicted octanol–water partition coefficient (Wildman–Crippen LogP) is 3.72. The van der Waals surface area contributed by atoms with Gasteiger partial charge in [0.2, 0.25) is 5.88 Å². The Morgan fingerprint density at radius 1 is 1.26 bits per heavy atom. The molecule has 3 rings (SSSR count). The fraction of sp³-hybridized carbons (Fsp3) is 0.421. The van der Waals surface area contributed by atoms with E-state index >= 15 is 0 Å². The summed E-state index contributed by atoms with van der Waals surface area (Å²) in [5.41, 5.74) is 0.647. The molecule has 1 aliphatic heterocycles. The number of piperidine rings is 1. The number of carbonyl (C=O) groups excluding carboxylic acids is 1. The molecule has 1 aromatic heterocycles. The van der Waals surface area contributed by atoms with E-state index in [0.717, 1.165) is 38.9 Å². The van der Waals surface area contributed by atoms with E-state index in [1.54, 1.807) is 24.7 Å². The van der Waals surface area contributed by atoms with Crippen LogP contribution in [0.25, 0.3) is 0 Å². The van der Waals surface area contributed by atoms with Gasteiger partial charge in [-0.05, 0) is 50.6 Å². The molecule has 1 amide bonds. The minimum Gasteiger partial charge on any atom is -0.437 e. The van der Waals surface area contributed by atoms with Crippen LogP contribution in [0.1, 0.15) is 36.5 Å². The summed E-state index contributed by atoms with van der Waals surface area (Å²) in [4.78, 5) is 23.2. The Bertz CT molecular complexity index is 697. The first-order chi connectivity index (χ1) is 12.3. The average molecular weight is 413 g/mol. The molecule has 6 nitrogen and oxygen atoms in total. The molecule has 1 aromatic carbocycles. The van der Waals surface area contributed by atoms with E-state index in [1.807, 2.05) is 23.1 Å². The Morgan fingerprint density at radius 2 is 2.04 bits per heavy atom.